The van der Waals surface area contributed by atoms with E-state index in [0.717, 1.165) is 64.5 Å². The molecule has 1 saturated carbocycles. The fourth-order valence-corrected chi connectivity index (χ4v) is 4.01. The lowest BCUT2D eigenvalue weighted by Crippen LogP contribution is -2.54. The molecule has 1 aliphatic heterocycles. The minimum atomic E-state index is -0.393. The van der Waals surface area contributed by atoms with Crippen molar-refractivity contribution in [1.82, 2.24) is 10.2 Å². The second kappa shape index (κ2) is 7.25. The van der Waals surface area contributed by atoms with E-state index >= 15 is 0 Å². The Kier molecular flexibility index (Phi) is 5.62. The van der Waals surface area contributed by atoms with Gasteiger partial charge in [-0.05, 0) is 45.2 Å². The summed E-state index contributed by atoms with van der Waals surface area (Å²) in [4.78, 5) is 26.5. The quantitative estimate of drug-likeness (QED) is 0.778. The number of nitrogens with one attached hydrogen (secondary N) is 1. The van der Waals surface area contributed by atoms with E-state index in [1.54, 1.807) is 0 Å². The molecule has 1 heterocycles. The van der Waals surface area contributed by atoms with Crippen molar-refractivity contribution in [2.45, 2.75) is 64.3 Å². The Morgan fingerprint density at radius 1 is 1.24 bits per heavy atom. The summed E-state index contributed by atoms with van der Waals surface area (Å²) in [7, 11) is 0. The van der Waals surface area contributed by atoms with Gasteiger partial charge in [-0.2, -0.15) is 0 Å². The standard InChI is InChI=1S/C16H29N3O2/c1-2-7-16(8-10-18-11-9-16)15(21)19(12-14(17)20)13-5-3-4-6-13/h13,18H,2-12H2,1H3,(H2,17,20). The van der Waals surface area contributed by atoms with Gasteiger partial charge in [0, 0.05) is 6.04 Å². The van der Waals surface area contributed by atoms with E-state index in [2.05, 4.69) is 12.2 Å². The van der Waals surface area contributed by atoms with Gasteiger partial charge in [0.15, 0.2) is 0 Å². The van der Waals surface area contributed by atoms with Crippen LogP contribution in [0.5, 0.6) is 0 Å². The molecule has 1 saturated heterocycles. The fraction of sp³-hybridized carbons (Fsp3) is 0.875. The van der Waals surface area contributed by atoms with Crippen LogP contribution in [-0.4, -0.2) is 42.4 Å². The first-order chi connectivity index (χ1) is 10.1. The fourth-order valence-electron chi connectivity index (χ4n) is 4.01. The van der Waals surface area contributed by atoms with Crippen molar-refractivity contribution >= 4 is 11.8 Å². The van der Waals surface area contributed by atoms with Crippen LogP contribution in [-0.2, 0) is 9.59 Å². The first-order valence-electron chi connectivity index (χ1n) is 8.39. The third-order valence-electron chi connectivity index (χ3n) is 5.10. The highest BCUT2D eigenvalue weighted by atomic mass is 16.2. The summed E-state index contributed by atoms with van der Waals surface area (Å²) in [5, 5.41) is 3.34. The lowest BCUT2D eigenvalue weighted by atomic mass is 9.74. The minimum absolute atomic E-state index is 0.0857. The third kappa shape index (κ3) is 3.76. The predicted octanol–water partition coefficient (Wildman–Crippen LogP) is 1.41. The molecule has 5 nitrogen and oxygen atoms in total. The summed E-state index contributed by atoms with van der Waals surface area (Å²) < 4.78 is 0. The predicted molar refractivity (Wildman–Crippen MR) is 82.6 cm³/mol. The zero-order valence-electron chi connectivity index (χ0n) is 13.2. The number of hydrogen-bond donors (Lipinski definition) is 2. The maximum atomic E-state index is 13.2. The highest BCUT2D eigenvalue weighted by molar-refractivity contribution is 5.87. The van der Waals surface area contributed by atoms with E-state index < -0.39 is 5.91 Å². The number of primary amides is 1. The van der Waals surface area contributed by atoms with Crippen LogP contribution in [0.2, 0.25) is 0 Å². The molecule has 3 N–H and O–H groups in total. The molecule has 0 unspecified atom stereocenters. The van der Waals surface area contributed by atoms with Gasteiger partial charge in [-0.3, -0.25) is 9.59 Å². The number of piperidine rings is 1. The van der Waals surface area contributed by atoms with Crippen molar-refractivity contribution < 1.29 is 9.59 Å². The molecule has 2 aliphatic rings. The van der Waals surface area contributed by atoms with Crippen molar-refractivity contribution in [1.29, 1.82) is 0 Å². The zero-order chi connectivity index (χ0) is 15.3. The molecule has 0 aromatic rings. The molecule has 21 heavy (non-hydrogen) atoms. The van der Waals surface area contributed by atoms with E-state index in [9.17, 15) is 9.59 Å². The molecule has 0 spiro atoms. The van der Waals surface area contributed by atoms with E-state index in [1.165, 1.54) is 0 Å². The summed E-state index contributed by atoms with van der Waals surface area (Å²) in [5.41, 5.74) is 5.12. The van der Waals surface area contributed by atoms with E-state index in [1.807, 2.05) is 4.90 Å². The van der Waals surface area contributed by atoms with Gasteiger partial charge in [0.1, 0.15) is 0 Å². The van der Waals surface area contributed by atoms with Crippen LogP contribution in [0.15, 0.2) is 0 Å². The van der Waals surface area contributed by atoms with Crippen LogP contribution in [0.25, 0.3) is 0 Å². The van der Waals surface area contributed by atoms with Gasteiger partial charge in [-0.15, -0.1) is 0 Å². The first-order valence-corrected chi connectivity index (χ1v) is 8.39. The Hall–Kier alpha value is -1.10. The number of carbonyl (C=O) groups excluding carboxylic acids is 2. The average molecular weight is 295 g/mol. The Labute approximate surface area is 127 Å². The Morgan fingerprint density at radius 2 is 1.86 bits per heavy atom. The van der Waals surface area contributed by atoms with Gasteiger partial charge in [0.05, 0.1) is 12.0 Å². The lowest BCUT2D eigenvalue weighted by molar-refractivity contribution is -0.149. The largest absolute Gasteiger partial charge is 0.368 e. The van der Waals surface area contributed by atoms with Crippen molar-refractivity contribution in [2.24, 2.45) is 11.1 Å². The molecule has 120 valence electrons. The zero-order valence-corrected chi connectivity index (χ0v) is 13.2. The molecule has 2 fully saturated rings. The number of amides is 2. The SMILES string of the molecule is CCCC1(C(=O)N(CC(N)=O)C2CCCC2)CCNCC1. The number of nitrogens with zero attached hydrogens (tertiary/aromatic N) is 1. The lowest BCUT2D eigenvalue weighted by Gasteiger charge is -2.41. The minimum Gasteiger partial charge on any atom is -0.368 e. The normalized spacial score (nSPS) is 22.1. The maximum absolute atomic E-state index is 13.2. The molecule has 1 aliphatic carbocycles. The molecule has 0 radical (unpaired) electrons. The maximum Gasteiger partial charge on any atom is 0.237 e. The molecular formula is C16H29N3O2. The molecule has 2 rings (SSSR count). The highest BCUT2D eigenvalue weighted by Crippen LogP contribution is 2.38. The van der Waals surface area contributed by atoms with Gasteiger partial charge in [0.2, 0.25) is 11.8 Å². The van der Waals surface area contributed by atoms with Crippen molar-refractivity contribution in [3.63, 3.8) is 0 Å². The molecular weight excluding hydrogens is 266 g/mol. The van der Waals surface area contributed by atoms with Crippen molar-refractivity contribution in [2.75, 3.05) is 19.6 Å². The van der Waals surface area contributed by atoms with Crippen LogP contribution in [0, 0.1) is 5.41 Å². The van der Waals surface area contributed by atoms with Crippen molar-refractivity contribution in [3.8, 4) is 0 Å². The smallest absolute Gasteiger partial charge is 0.237 e. The van der Waals surface area contributed by atoms with Gasteiger partial charge in [-0.1, -0.05) is 26.2 Å². The second-order valence-corrected chi connectivity index (χ2v) is 6.62. The summed E-state index contributed by atoms with van der Waals surface area (Å²) in [6.07, 6.45) is 7.99. The third-order valence-corrected chi connectivity index (χ3v) is 5.10. The molecule has 0 aromatic heterocycles. The van der Waals surface area contributed by atoms with Gasteiger partial charge >= 0.3 is 0 Å². The van der Waals surface area contributed by atoms with E-state index in [0.29, 0.717) is 0 Å². The van der Waals surface area contributed by atoms with E-state index in [-0.39, 0.29) is 23.9 Å². The molecule has 5 heteroatoms. The van der Waals surface area contributed by atoms with Gasteiger partial charge in [-0.25, -0.2) is 0 Å². The highest BCUT2D eigenvalue weighted by Gasteiger charge is 2.43. The molecule has 0 atom stereocenters. The van der Waals surface area contributed by atoms with Crippen molar-refractivity contribution in [3.05, 3.63) is 0 Å². The molecule has 0 bridgehead atoms. The Bertz CT molecular complexity index is 366. The van der Waals surface area contributed by atoms with E-state index in [4.69, 9.17) is 5.73 Å². The molecule has 0 aromatic carbocycles. The Balaban J connectivity index is 2.18. The van der Waals surface area contributed by atoms with Crippen LogP contribution in [0.3, 0.4) is 0 Å². The summed E-state index contributed by atoms with van der Waals surface area (Å²) >= 11 is 0. The average Bonchev–Trinajstić information content (AvgIpc) is 2.99. The topological polar surface area (TPSA) is 75.4 Å². The van der Waals surface area contributed by atoms with Crippen LogP contribution in [0.4, 0.5) is 0 Å². The van der Waals surface area contributed by atoms with Crippen LogP contribution < -0.4 is 11.1 Å². The van der Waals surface area contributed by atoms with Crippen LogP contribution in [0.1, 0.15) is 58.3 Å². The monoisotopic (exact) mass is 295 g/mol. The van der Waals surface area contributed by atoms with Crippen LogP contribution >= 0.6 is 0 Å². The first kappa shape index (κ1) is 16.3. The number of rotatable bonds is 6. The number of nitrogens with two attached hydrogens (primary N) is 1. The summed E-state index contributed by atoms with van der Waals surface area (Å²) in [6, 6.07) is 0.216. The second-order valence-electron chi connectivity index (χ2n) is 6.62. The summed E-state index contributed by atoms with van der Waals surface area (Å²) in [6.45, 7) is 4.00. The number of carbonyl (C=O) groups is 2. The van der Waals surface area contributed by atoms with Gasteiger partial charge in [0.25, 0.3) is 0 Å². The Morgan fingerprint density at radius 3 is 2.38 bits per heavy atom. The van der Waals surface area contributed by atoms with Gasteiger partial charge < -0.3 is 16.0 Å². The molecule has 2 amide bonds. The summed E-state index contributed by atoms with van der Waals surface area (Å²) in [5.74, 6) is -0.215. The number of hydrogen-bond acceptors (Lipinski definition) is 3.